The number of benzene rings is 3. The van der Waals surface area contributed by atoms with Crippen LogP contribution in [-0.4, -0.2) is 23.3 Å². The molecule has 0 aliphatic heterocycles. The lowest BCUT2D eigenvalue weighted by Gasteiger charge is -2.07. The summed E-state index contributed by atoms with van der Waals surface area (Å²) in [5, 5.41) is 7.71. The maximum absolute atomic E-state index is 12.2. The van der Waals surface area contributed by atoms with E-state index in [-0.39, 0.29) is 11.8 Å². The highest BCUT2D eigenvalue weighted by Gasteiger charge is 2.06. The van der Waals surface area contributed by atoms with Crippen molar-refractivity contribution in [3.05, 3.63) is 101 Å². The van der Waals surface area contributed by atoms with Gasteiger partial charge >= 0.3 is 0 Å². The van der Waals surface area contributed by atoms with Crippen molar-refractivity contribution in [2.45, 2.75) is 12.7 Å². The fourth-order valence-electron chi connectivity index (χ4n) is 2.72. The molecule has 7 heteroatoms. The molecule has 0 saturated heterocycles. The first-order valence-corrected chi connectivity index (χ1v) is 11.2. The highest BCUT2D eigenvalue weighted by Crippen LogP contribution is 2.16. The standard InChI is InChI=1S/C24H22ClN3O2S/c1-17(27-28-23(29)16-31-15-18-6-5-9-21(25)14-18)19-10-12-22(13-11-19)26-24(30)20-7-3-2-4-8-20/h2-14H,15-16H2,1H3,(H,26,30)(H,28,29)/b27-17-. The van der Waals surface area contributed by atoms with Crippen LogP contribution in [0.1, 0.15) is 28.4 Å². The largest absolute Gasteiger partial charge is 0.322 e. The third kappa shape index (κ3) is 7.27. The van der Waals surface area contributed by atoms with E-state index in [2.05, 4.69) is 15.8 Å². The van der Waals surface area contributed by atoms with Gasteiger partial charge in [-0.15, -0.1) is 11.8 Å². The van der Waals surface area contributed by atoms with Gasteiger partial charge in [0, 0.05) is 22.0 Å². The van der Waals surface area contributed by atoms with Crippen LogP contribution in [0.2, 0.25) is 5.02 Å². The van der Waals surface area contributed by atoms with E-state index in [0.717, 1.165) is 11.1 Å². The number of carbonyl (C=O) groups excluding carboxylic acids is 2. The molecule has 0 aliphatic carbocycles. The van der Waals surface area contributed by atoms with Crippen LogP contribution in [0.5, 0.6) is 0 Å². The Morgan fingerprint density at radius 3 is 2.39 bits per heavy atom. The summed E-state index contributed by atoms with van der Waals surface area (Å²) in [5.41, 5.74) is 6.46. The van der Waals surface area contributed by atoms with Crippen molar-refractivity contribution in [3.8, 4) is 0 Å². The SMILES string of the molecule is C/C(=N/NC(=O)CSCc1cccc(Cl)c1)c1ccc(NC(=O)c2ccccc2)cc1. The van der Waals surface area contributed by atoms with E-state index in [9.17, 15) is 9.59 Å². The Hall–Kier alpha value is -3.09. The van der Waals surface area contributed by atoms with Gasteiger partial charge in [0.25, 0.3) is 5.91 Å². The van der Waals surface area contributed by atoms with Crippen LogP contribution in [0.3, 0.4) is 0 Å². The van der Waals surface area contributed by atoms with Crippen LogP contribution in [0.15, 0.2) is 84.0 Å². The first-order valence-electron chi connectivity index (χ1n) is 9.63. The normalized spacial score (nSPS) is 11.1. The Morgan fingerprint density at radius 1 is 0.935 bits per heavy atom. The number of hydrogen-bond acceptors (Lipinski definition) is 4. The molecule has 0 unspecified atom stereocenters. The van der Waals surface area contributed by atoms with Crippen molar-refractivity contribution < 1.29 is 9.59 Å². The predicted molar refractivity (Wildman–Crippen MR) is 129 cm³/mol. The first-order chi connectivity index (χ1) is 15.0. The van der Waals surface area contributed by atoms with E-state index in [1.54, 1.807) is 24.3 Å². The van der Waals surface area contributed by atoms with Crippen LogP contribution in [0.25, 0.3) is 0 Å². The molecule has 0 fully saturated rings. The average Bonchev–Trinajstić information content (AvgIpc) is 2.78. The molecule has 0 radical (unpaired) electrons. The molecule has 0 bridgehead atoms. The van der Waals surface area contributed by atoms with Crippen LogP contribution >= 0.6 is 23.4 Å². The summed E-state index contributed by atoms with van der Waals surface area (Å²) < 4.78 is 0. The minimum absolute atomic E-state index is 0.165. The lowest BCUT2D eigenvalue weighted by atomic mass is 10.1. The van der Waals surface area contributed by atoms with Crippen LogP contribution < -0.4 is 10.7 Å². The minimum Gasteiger partial charge on any atom is -0.322 e. The van der Waals surface area contributed by atoms with Gasteiger partial charge in [-0.2, -0.15) is 5.10 Å². The van der Waals surface area contributed by atoms with E-state index in [0.29, 0.717) is 33.5 Å². The van der Waals surface area contributed by atoms with Gasteiger partial charge in [0.15, 0.2) is 0 Å². The number of rotatable bonds is 8. The number of carbonyl (C=O) groups is 2. The van der Waals surface area contributed by atoms with Gasteiger partial charge in [-0.25, -0.2) is 5.43 Å². The van der Waals surface area contributed by atoms with E-state index in [1.807, 2.05) is 61.5 Å². The first kappa shape index (κ1) is 22.6. The third-order valence-corrected chi connectivity index (χ3v) is 5.57. The van der Waals surface area contributed by atoms with Gasteiger partial charge in [-0.3, -0.25) is 9.59 Å². The van der Waals surface area contributed by atoms with Crippen molar-refractivity contribution in [2.75, 3.05) is 11.1 Å². The zero-order valence-electron chi connectivity index (χ0n) is 17.0. The number of hydrazone groups is 1. The summed E-state index contributed by atoms with van der Waals surface area (Å²) in [4.78, 5) is 24.2. The third-order valence-electron chi connectivity index (χ3n) is 4.34. The molecule has 0 heterocycles. The van der Waals surface area contributed by atoms with E-state index < -0.39 is 0 Å². The number of thioether (sulfide) groups is 1. The molecule has 3 aromatic carbocycles. The second kappa shape index (κ2) is 11.3. The van der Waals surface area contributed by atoms with Crippen molar-refractivity contribution in [3.63, 3.8) is 0 Å². The molecule has 0 saturated carbocycles. The van der Waals surface area contributed by atoms with Gasteiger partial charge < -0.3 is 5.32 Å². The number of amides is 2. The van der Waals surface area contributed by atoms with Crippen LogP contribution in [-0.2, 0) is 10.5 Å². The molecule has 0 atom stereocenters. The van der Waals surface area contributed by atoms with Gasteiger partial charge in [0.2, 0.25) is 5.91 Å². The fourth-order valence-corrected chi connectivity index (χ4v) is 3.70. The monoisotopic (exact) mass is 451 g/mol. The highest BCUT2D eigenvalue weighted by molar-refractivity contribution is 7.99. The molecule has 2 N–H and O–H groups in total. The Labute approximate surface area is 190 Å². The molecule has 31 heavy (non-hydrogen) atoms. The van der Waals surface area contributed by atoms with E-state index in [1.165, 1.54) is 11.8 Å². The summed E-state index contributed by atoms with van der Waals surface area (Å²) in [5.74, 6) is 0.667. The number of nitrogens with one attached hydrogen (secondary N) is 2. The van der Waals surface area contributed by atoms with Crippen LogP contribution in [0, 0.1) is 0 Å². The fraction of sp³-hybridized carbons (Fsp3) is 0.125. The Kier molecular flexibility index (Phi) is 8.27. The Bertz CT molecular complexity index is 1070. The summed E-state index contributed by atoms with van der Waals surface area (Å²) in [6.07, 6.45) is 0. The molecule has 5 nitrogen and oxygen atoms in total. The Morgan fingerprint density at radius 2 is 1.68 bits per heavy atom. The maximum atomic E-state index is 12.2. The van der Waals surface area contributed by atoms with Gasteiger partial charge in [0.1, 0.15) is 0 Å². The highest BCUT2D eigenvalue weighted by atomic mass is 35.5. The second-order valence-corrected chi connectivity index (χ2v) is 8.17. The maximum Gasteiger partial charge on any atom is 0.255 e. The summed E-state index contributed by atoms with van der Waals surface area (Å²) in [6, 6.07) is 23.9. The second-order valence-electron chi connectivity index (χ2n) is 6.75. The summed E-state index contributed by atoms with van der Waals surface area (Å²) in [7, 11) is 0. The van der Waals surface area contributed by atoms with Crippen molar-refractivity contribution in [2.24, 2.45) is 5.10 Å². The van der Waals surface area contributed by atoms with Crippen molar-refractivity contribution in [1.82, 2.24) is 5.43 Å². The number of anilines is 1. The zero-order chi connectivity index (χ0) is 22.1. The van der Waals surface area contributed by atoms with Gasteiger partial charge in [0.05, 0.1) is 11.5 Å². The average molecular weight is 452 g/mol. The van der Waals surface area contributed by atoms with Gasteiger partial charge in [-0.1, -0.05) is 54.1 Å². The van der Waals surface area contributed by atoms with Crippen molar-refractivity contribution >= 4 is 46.6 Å². The summed E-state index contributed by atoms with van der Waals surface area (Å²) in [6.45, 7) is 1.82. The molecule has 0 aromatic heterocycles. The van der Waals surface area contributed by atoms with E-state index >= 15 is 0 Å². The van der Waals surface area contributed by atoms with E-state index in [4.69, 9.17) is 11.6 Å². The molecule has 0 spiro atoms. The number of nitrogens with zero attached hydrogens (tertiary/aromatic N) is 1. The molecule has 3 aromatic rings. The molecule has 2 amide bonds. The molecule has 3 rings (SSSR count). The topological polar surface area (TPSA) is 70.6 Å². The quantitative estimate of drug-likeness (QED) is 0.357. The number of hydrogen-bond donors (Lipinski definition) is 2. The smallest absolute Gasteiger partial charge is 0.255 e. The van der Waals surface area contributed by atoms with Gasteiger partial charge in [-0.05, 0) is 54.4 Å². The van der Waals surface area contributed by atoms with Crippen molar-refractivity contribution in [1.29, 1.82) is 0 Å². The molecule has 158 valence electrons. The molecular weight excluding hydrogens is 430 g/mol. The summed E-state index contributed by atoms with van der Waals surface area (Å²) >= 11 is 7.46. The molecular formula is C24H22ClN3O2S. The number of halogens is 1. The zero-order valence-corrected chi connectivity index (χ0v) is 18.5. The Balaban J connectivity index is 1.47. The minimum atomic E-state index is -0.168. The lowest BCUT2D eigenvalue weighted by molar-refractivity contribution is -0.118. The predicted octanol–water partition coefficient (Wildman–Crippen LogP) is 5.37. The molecule has 0 aliphatic rings. The lowest BCUT2D eigenvalue weighted by Crippen LogP contribution is -2.21. The van der Waals surface area contributed by atoms with Crippen LogP contribution in [0.4, 0.5) is 5.69 Å².